The van der Waals surface area contributed by atoms with Crippen LogP contribution < -0.4 is 0 Å². The van der Waals surface area contributed by atoms with E-state index in [0.29, 0.717) is 6.42 Å². The largest absolute Gasteiger partial charge is 0.334 e. The molecular weight excluding hydrogens is 286 g/mol. The van der Waals surface area contributed by atoms with Crippen molar-refractivity contribution < 1.29 is 4.79 Å². The van der Waals surface area contributed by atoms with Crippen molar-refractivity contribution in [1.82, 2.24) is 15.1 Å². The van der Waals surface area contributed by atoms with Gasteiger partial charge in [-0.1, -0.05) is 18.2 Å². The molecule has 2 heterocycles. The zero-order chi connectivity index (χ0) is 15.6. The molecule has 0 spiro atoms. The Bertz CT molecular complexity index is 693. The summed E-state index contributed by atoms with van der Waals surface area (Å²) in [6.45, 7) is 0.855. The molecule has 0 bridgehead atoms. The molecule has 120 valence electrons. The summed E-state index contributed by atoms with van der Waals surface area (Å²) in [4.78, 5) is 14.9. The lowest BCUT2D eigenvalue weighted by atomic mass is 9.97. The summed E-state index contributed by atoms with van der Waals surface area (Å²) >= 11 is 0. The van der Waals surface area contributed by atoms with E-state index in [1.54, 1.807) is 6.20 Å². The Morgan fingerprint density at radius 3 is 2.96 bits per heavy atom. The van der Waals surface area contributed by atoms with E-state index in [4.69, 9.17) is 0 Å². The average Bonchev–Trinajstić information content (AvgIpc) is 3.26. The standard InChI is InChI=1S/C19H23N3O/c23-19(13-14-7-8-15-4-3-5-16(15)12-14)22-11-2-1-6-18(22)17-9-10-20-21-17/h7-10,12,18H,1-6,11,13H2,(H,20,21)/t18-/m1/s1. The van der Waals surface area contributed by atoms with Crippen LogP contribution in [0.3, 0.4) is 0 Å². The minimum absolute atomic E-state index is 0.160. The fourth-order valence-electron chi connectivity index (χ4n) is 4.02. The second-order valence-corrected chi connectivity index (χ2v) is 6.74. The summed E-state index contributed by atoms with van der Waals surface area (Å²) < 4.78 is 0. The number of hydrogen-bond donors (Lipinski definition) is 1. The predicted molar refractivity (Wildman–Crippen MR) is 89.1 cm³/mol. The third-order valence-corrected chi connectivity index (χ3v) is 5.22. The maximum atomic E-state index is 12.9. The highest BCUT2D eigenvalue weighted by molar-refractivity contribution is 5.79. The van der Waals surface area contributed by atoms with Crippen LogP contribution in [0, 0.1) is 0 Å². The molecule has 1 fully saturated rings. The van der Waals surface area contributed by atoms with Crippen molar-refractivity contribution in [3.05, 3.63) is 52.8 Å². The molecular formula is C19H23N3O. The van der Waals surface area contributed by atoms with Crippen molar-refractivity contribution in [3.8, 4) is 0 Å². The van der Waals surface area contributed by atoms with Crippen molar-refractivity contribution in [2.24, 2.45) is 0 Å². The maximum absolute atomic E-state index is 12.9. The van der Waals surface area contributed by atoms with Crippen LogP contribution in [0.2, 0.25) is 0 Å². The Hall–Kier alpha value is -2.10. The quantitative estimate of drug-likeness (QED) is 0.946. The summed E-state index contributed by atoms with van der Waals surface area (Å²) in [5, 5.41) is 7.10. The van der Waals surface area contributed by atoms with Crippen LogP contribution in [0.15, 0.2) is 30.5 Å². The number of rotatable bonds is 3. The van der Waals surface area contributed by atoms with Crippen LogP contribution >= 0.6 is 0 Å². The van der Waals surface area contributed by atoms with Crippen LogP contribution in [0.1, 0.15) is 54.1 Å². The van der Waals surface area contributed by atoms with Gasteiger partial charge in [-0.05, 0) is 61.3 Å². The van der Waals surface area contributed by atoms with Crippen molar-refractivity contribution in [1.29, 1.82) is 0 Å². The van der Waals surface area contributed by atoms with Gasteiger partial charge in [0, 0.05) is 12.7 Å². The number of amides is 1. The van der Waals surface area contributed by atoms with Gasteiger partial charge in [-0.25, -0.2) is 0 Å². The van der Waals surface area contributed by atoms with Crippen molar-refractivity contribution >= 4 is 5.91 Å². The molecule has 1 atom stereocenters. The van der Waals surface area contributed by atoms with Gasteiger partial charge in [0.15, 0.2) is 0 Å². The molecule has 4 nitrogen and oxygen atoms in total. The molecule has 1 aromatic heterocycles. The topological polar surface area (TPSA) is 49.0 Å². The SMILES string of the molecule is O=C(Cc1ccc2c(c1)CCC2)N1CCCC[C@@H]1c1ccn[nH]1. The highest BCUT2D eigenvalue weighted by Crippen LogP contribution is 2.30. The third-order valence-electron chi connectivity index (χ3n) is 5.22. The average molecular weight is 309 g/mol. The number of aromatic nitrogens is 2. The number of piperidine rings is 1. The molecule has 1 aliphatic heterocycles. The first kappa shape index (κ1) is 14.5. The van der Waals surface area contributed by atoms with Gasteiger partial charge in [-0.3, -0.25) is 9.89 Å². The lowest BCUT2D eigenvalue weighted by Crippen LogP contribution is -2.39. The predicted octanol–water partition coefficient (Wildman–Crippen LogP) is 3.19. The van der Waals surface area contributed by atoms with E-state index in [9.17, 15) is 4.79 Å². The highest BCUT2D eigenvalue weighted by atomic mass is 16.2. The van der Waals surface area contributed by atoms with E-state index >= 15 is 0 Å². The number of carbonyl (C=O) groups is 1. The number of nitrogens with zero attached hydrogens (tertiary/aromatic N) is 2. The second kappa shape index (κ2) is 6.19. The van der Waals surface area contributed by atoms with E-state index in [-0.39, 0.29) is 11.9 Å². The summed E-state index contributed by atoms with van der Waals surface area (Å²) in [6, 6.07) is 8.75. The van der Waals surface area contributed by atoms with Gasteiger partial charge in [0.05, 0.1) is 18.2 Å². The van der Waals surface area contributed by atoms with E-state index in [0.717, 1.165) is 37.1 Å². The molecule has 2 aliphatic rings. The fraction of sp³-hybridized carbons (Fsp3) is 0.474. The Balaban J connectivity index is 1.51. The Labute approximate surface area is 136 Å². The molecule has 4 rings (SSSR count). The Morgan fingerprint density at radius 2 is 2.09 bits per heavy atom. The Kier molecular flexibility index (Phi) is 3.90. The van der Waals surface area contributed by atoms with E-state index in [1.807, 2.05) is 11.0 Å². The van der Waals surface area contributed by atoms with Gasteiger partial charge in [-0.15, -0.1) is 0 Å². The van der Waals surface area contributed by atoms with Crippen molar-refractivity contribution in [2.45, 2.75) is 51.0 Å². The van der Waals surface area contributed by atoms with Gasteiger partial charge in [-0.2, -0.15) is 5.10 Å². The molecule has 1 amide bonds. The highest BCUT2D eigenvalue weighted by Gasteiger charge is 2.28. The second-order valence-electron chi connectivity index (χ2n) is 6.74. The molecule has 1 aliphatic carbocycles. The first-order valence-electron chi connectivity index (χ1n) is 8.71. The summed E-state index contributed by atoms with van der Waals surface area (Å²) in [5.74, 6) is 0.238. The molecule has 0 radical (unpaired) electrons. The molecule has 1 N–H and O–H groups in total. The van der Waals surface area contributed by atoms with Crippen LogP contribution in [0.25, 0.3) is 0 Å². The van der Waals surface area contributed by atoms with Crippen LogP contribution in [0.4, 0.5) is 0 Å². The number of likely N-dealkylation sites (tertiary alicyclic amines) is 1. The minimum atomic E-state index is 0.160. The van der Waals surface area contributed by atoms with Gasteiger partial charge in [0.25, 0.3) is 0 Å². The van der Waals surface area contributed by atoms with E-state index < -0.39 is 0 Å². The smallest absolute Gasteiger partial charge is 0.227 e. The molecule has 0 saturated carbocycles. The van der Waals surface area contributed by atoms with Crippen molar-refractivity contribution in [3.63, 3.8) is 0 Å². The van der Waals surface area contributed by atoms with Gasteiger partial charge in [0.1, 0.15) is 0 Å². The summed E-state index contributed by atoms with van der Waals surface area (Å²) in [5.41, 5.74) is 5.13. The lowest BCUT2D eigenvalue weighted by Gasteiger charge is -2.35. The number of benzene rings is 1. The summed E-state index contributed by atoms with van der Waals surface area (Å²) in [6.07, 6.45) is 9.19. The molecule has 23 heavy (non-hydrogen) atoms. The normalized spacial score (nSPS) is 20.5. The molecule has 0 unspecified atom stereocenters. The van der Waals surface area contributed by atoms with Crippen LogP contribution in [-0.2, 0) is 24.1 Å². The Morgan fingerprint density at radius 1 is 1.17 bits per heavy atom. The lowest BCUT2D eigenvalue weighted by molar-refractivity contribution is -0.134. The van der Waals surface area contributed by atoms with Gasteiger partial charge in [0.2, 0.25) is 5.91 Å². The molecule has 2 aromatic rings. The monoisotopic (exact) mass is 309 g/mol. The van der Waals surface area contributed by atoms with E-state index in [2.05, 4.69) is 28.4 Å². The van der Waals surface area contributed by atoms with Crippen LogP contribution in [-0.4, -0.2) is 27.5 Å². The number of fused-ring (bicyclic) bond motifs is 1. The number of H-pyrrole nitrogens is 1. The number of aromatic amines is 1. The summed E-state index contributed by atoms with van der Waals surface area (Å²) in [7, 11) is 0. The minimum Gasteiger partial charge on any atom is -0.334 e. The first-order valence-corrected chi connectivity index (χ1v) is 8.71. The zero-order valence-electron chi connectivity index (χ0n) is 13.4. The fourth-order valence-corrected chi connectivity index (χ4v) is 4.02. The number of aryl methyl sites for hydroxylation is 2. The molecule has 4 heteroatoms. The zero-order valence-corrected chi connectivity index (χ0v) is 13.4. The molecule has 1 aromatic carbocycles. The number of nitrogens with one attached hydrogen (secondary N) is 1. The maximum Gasteiger partial charge on any atom is 0.227 e. The van der Waals surface area contributed by atoms with Crippen molar-refractivity contribution in [2.75, 3.05) is 6.54 Å². The van der Waals surface area contributed by atoms with E-state index in [1.165, 1.54) is 30.4 Å². The van der Waals surface area contributed by atoms with Gasteiger partial charge < -0.3 is 4.90 Å². The third kappa shape index (κ3) is 2.90. The number of hydrogen-bond acceptors (Lipinski definition) is 2. The number of carbonyl (C=O) groups excluding carboxylic acids is 1. The first-order chi connectivity index (χ1) is 11.3. The van der Waals surface area contributed by atoms with Crippen LogP contribution in [0.5, 0.6) is 0 Å². The van der Waals surface area contributed by atoms with Gasteiger partial charge >= 0.3 is 0 Å². The molecule has 1 saturated heterocycles.